The van der Waals surface area contributed by atoms with E-state index in [9.17, 15) is 13.2 Å². The van der Waals surface area contributed by atoms with Gasteiger partial charge in [0.25, 0.3) is 0 Å². The van der Waals surface area contributed by atoms with Gasteiger partial charge in [0.05, 0.1) is 12.1 Å². The van der Waals surface area contributed by atoms with Gasteiger partial charge in [0, 0.05) is 18.7 Å². The maximum Gasteiger partial charge on any atom is 0.416 e. The molecule has 2 N–H and O–H groups in total. The fourth-order valence-electron chi connectivity index (χ4n) is 1.62. The van der Waals surface area contributed by atoms with Crippen LogP contribution in [0.2, 0.25) is 0 Å². The normalized spacial score (nSPS) is 12.8. The maximum atomic E-state index is 12.6. The number of hydrogen-bond donors (Lipinski definition) is 2. The molecule has 0 heterocycles. The van der Waals surface area contributed by atoms with Gasteiger partial charge in [0.15, 0.2) is 5.96 Å². The van der Waals surface area contributed by atoms with Gasteiger partial charge < -0.3 is 10.6 Å². The molecule has 0 fully saturated rings. The summed E-state index contributed by atoms with van der Waals surface area (Å²) in [6.07, 6.45) is -4.35. The number of rotatable bonds is 3. The lowest BCUT2D eigenvalue weighted by Crippen LogP contribution is -2.44. The van der Waals surface area contributed by atoms with Crippen LogP contribution in [0.3, 0.4) is 0 Å². The lowest BCUT2D eigenvalue weighted by atomic mass is 10.1. The molecule has 1 rings (SSSR count). The largest absolute Gasteiger partial charge is 0.416 e. The summed E-state index contributed by atoms with van der Waals surface area (Å²) in [5, 5.41) is 6.23. The summed E-state index contributed by atoms with van der Waals surface area (Å²) in [6.45, 7) is 6.53. The van der Waals surface area contributed by atoms with Gasteiger partial charge >= 0.3 is 6.18 Å². The molecule has 1 aromatic carbocycles. The number of alkyl halides is 3. The first-order valence-corrected chi connectivity index (χ1v) is 7.37. The predicted octanol–water partition coefficient (Wildman–Crippen LogP) is 3.88. The van der Waals surface area contributed by atoms with E-state index in [4.69, 9.17) is 0 Å². The average molecular weight is 453 g/mol. The van der Waals surface area contributed by atoms with Crippen LogP contribution in [0.15, 0.2) is 29.3 Å². The van der Waals surface area contributed by atoms with Crippen molar-refractivity contribution in [3.63, 3.8) is 0 Å². The summed E-state index contributed by atoms with van der Waals surface area (Å²) in [5.74, 6) is 6.58. The molecule has 0 aromatic heterocycles. The van der Waals surface area contributed by atoms with Gasteiger partial charge in [-0.25, -0.2) is 0 Å². The molecular formula is C17H23F3IN3. The van der Waals surface area contributed by atoms with Crippen LogP contribution in [0.1, 0.15) is 31.9 Å². The minimum Gasteiger partial charge on any atom is -0.354 e. The van der Waals surface area contributed by atoms with Gasteiger partial charge in [-0.3, -0.25) is 4.99 Å². The smallest absolute Gasteiger partial charge is 0.354 e. The fourth-order valence-corrected chi connectivity index (χ4v) is 1.62. The van der Waals surface area contributed by atoms with E-state index >= 15 is 0 Å². The Hall–Kier alpha value is -1.43. The maximum absolute atomic E-state index is 12.6. The molecule has 0 aliphatic heterocycles. The Bertz CT molecular complexity index is 601. The van der Waals surface area contributed by atoms with Crippen molar-refractivity contribution in [1.29, 1.82) is 0 Å². The lowest BCUT2D eigenvalue weighted by molar-refractivity contribution is -0.137. The third-order valence-electron chi connectivity index (χ3n) is 3.35. The summed E-state index contributed by atoms with van der Waals surface area (Å²) >= 11 is 0. The third kappa shape index (κ3) is 7.90. The molecule has 1 aromatic rings. The molecule has 24 heavy (non-hydrogen) atoms. The molecule has 3 nitrogen and oxygen atoms in total. The fraction of sp³-hybridized carbons (Fsp3) is 0.471. The summed E-state index contributed by atoms with van der Waals surface area (Å²) in [6, 6.07) is 5.22. The molecule has 0 spiro atoms. The topological polar surface area (TPSA) is 36.4 Å². The number of benzene rings is 1. The van der Waals surface area contributed by atoms with Crippen LogP contribution in [-0.2, 0) is 6.18 Å². The minimum absolute atomic E-state index is 0. The average Bonchev–Trinajstić information content (AvgIpc) is 2.49. The van der Waals surface area contributed by atoms with Crippen molar-refractivity contribution in [2.24, 2.45) is 10.9 Å². The molecule has 0 radical (unpaired) electrons. The van der Waals surface area contributed by atoms with Crippen molar-refractivity contribution in [2.45, 2.75) is 33.0 Å². The second-order valence-corrected chi connectivity index (χ2v) is 5.48. The first-order chi connectivity index (χ1) is 10.7. The number of nitrogens with one attached hydrogen (secondary N) is 2. The van der Waals surface area contributed by atoms with E-state index in [0.717, 1.165) is 12.1 Å². The van der Waals surface area contributed by atoms with Gasteiger partial charge in [-0.05, 0) is 31.0 Å². The van der Waals surface area contributed by atoms with Crippen LogP contribution in [0.25, 0.3) is 0 Å². The van der Waals surface area contributed by atoms with E-state index in [2.05, 4.69) is 41.3 Å². The zero-order valence-corrected chi connectivity index (χ0v) is 16.5. The molecule has 0 amide bonds. The molecular weight excluding hydrogens is 430 g/mol. The zero-order chi connectivity index (χ0) is 17.5. The van der Waals surface area contributed by atoms with E-state index in [0.29, 0.717) is 24.0 Å². The van der Waals surface area contributed by atoms with Crippen molar-refractivity contribution >= 4 is 29.9 Å². The van der Waals surface area contributed by atoms with Crippen molar-refractivity contribution in [2.75, 3.05) is 13.6 Å². The molecule has 1 atom stereocenters. The van der Waals surface area contributed by atoms with Gasteiger partial charge in [-0.2, -0.15) is 13.2 Å². The number of aliphatic imine (C=N–C) groups is 1. The van der Waals surface area contributed by atoms with Gasteiger partial charge in [-0.1, -0.05) is 31.8 Å². The van der Waals surface area contributed by atoms with E-state index in [1.165, 1.54) is 6.07 Å². The Morgan fingerprint density at radius 1 is 1.25 bits per heavy atom. The van der Waals surface area contributed by atoms with E-state index < -0.39 is 11.7 Å². The molecule has 0 saturated carbocycles. The highest BCUT2D eigenvalue weighted by Gasteiger charge is 2.30. The van der Waals surface area contributed by atoms with Gasteiger partial charge in [-0.15, -0.1) is 24.0 Å². The Labute approximate surface area is 158 Å². The van der Waals surface area contributed by atoms with E-state index in [-0.39, 0.29) is 30.0 Å². The highest BCUT2D eigenvalue weighted by molar-refractivity contribution is 14.0. The van der Waals surface area contributed by atoms with Gasteiger partial charge in [0.1, 0.15) is 0 Å². The van der Waals surface area contributed by atoms with Crippen LogP contribution >= 0.6 is 24.0 Å². The Morgan fingerprint density at radius 3 is 2.46 bits per heavy atom. The van der Waals surface area contributed by atoms with E-state index in [1.807, 2.05) is 6.92 Å². The number of nitrogens with zero attached hydrogens (tertiary/aromatic N) is 1. The lowest BCUT2D eigenvalue weighted by Gasteiger charge is -2.19. The molecule has 134 valence electrons. The summed E-state index contributed by atoms with van der Waals surface area (Å²) < 4.78 is 37.8. The molecule has 0 aliphatic carbocycles. The first kappa shape index (κ1) is 22.6. The Kier molecular flexibility index (Phi) is 9.82. The summed E-state index contributed by atoms with van der Waals surface area (Å²) in [7, 11) is 1.66. The molecule has 0 bridgehead atoms. The van der Waals surface area contributed by atoms with Crippen LogP contribution in [-0.4, -0.2) is 25.6 Å². The first-order valence-electron chi connectivity index (χ1n) is 7.37. The summed E-state index contributed by atoms with van der Waals surface area (Å²) in [5.41, 5.74) is -0.361. The zero-order valence-electron chi connectivity index (χ0n) is 14.2. The molecule has 1 unspecified atom stereocenters. The molecule has 0 saturated heterocycles. The summed E-state index contributed by atoms with van der Waals surface area (Å²) in [4.78, 5) is 4.08. The van der Waals surface area contributed by atoms with Crippen molar-refractivity contribution in [3.05, 3.63) is 35.4 Å². The minimum atomic E-state index is -4.35. The van der Waals surface area contributed by atoms with Crippen molar-refractivity contribution < 1.29 is 13.2 Å². The Morgan fingerprint density at radius 2 is 1.92 bits per heavy atom. The second-order valence-electron chi connectivity index (χ2n) is 5.48. The monoisotopic (exact) mass is 453 g/mol. The number of hydrogen-bond acceptors (Lipinski definition) is 1. The predicted molar refractivity (Wildman–Crippen MR) is 103 cm³/mol. The van der Waals surface area contributed by atoms with Crippen molar-refractivity contribution in [3.8, 4) is 11.8 Å². The van der Waals surface area contributed by atoms with Crippen molar-refractivity contribution in [1.82, 2.24) is 10.6 Å². The SMILES string of the molecule is CN=C(NCC#Cc1cccc(C(F)(F)F)c1)NC(C)C(C)C.I. The quantitative estimate of drug-likeness (QED) is 0.316. The molecule has 7 heteroatoms. The van der Waals surface area contributed by atoms with Gasteiger partial charge in [0.2, 0.25) is 0 Å². The highest BCUT2D eigenvalue weighted by Crippen LogP contribution is 2.29. The Balaban J connectivity index is 0.00000529. The number of halogens is 4. The standard InChI is InChI=1S/C17H22F3N3.HI/c1-12(2)13(3)23-16(21-4)22-10-6-8-14-7-5-9-15(11-14)17(18,19)20;/h5,7,9,11-13H,10H2,1-4H3,(H2,21,22,23);1H. The number of guanidine groups is 1. The van der Waals surface area contributed by atoms with Crippen LogP contribution in [0.4, 0.5) is 13.2 Å². The highest BCUT2D eigenvalue weighted by atomic mass is 127. The second kappa shape index (κ2) is 10.4. The van der Waals surface area contributed by atoms with Crippen LogP contribution in [0, 0.1) is 17.8 Å². The van der Waals surface area contributed by atoms with Crippen LogP contribution < -0.4 is 10.6 Å². The van der Waals surface area contributed by atoms with E-state index in [1.54, 1.807) is 13.1 Å². The third-order valence-corrected chi connectivity index (χ3v) is 3.35. The van der Waals surface area contributed by atoms with Crippen LogP contribution in [0.5, 0.6) is 0 Å². The molecule has 0 aliphatic rings.